The van der Waals surface area contributed by atoms with E-state index < -0.39 is 39.0 Å². The van der Waals surface area contributed by atoms with Crippen LogP contribution in [0.3, 0.4) is 0 Å². The first-order valence-electron chi connectivity index (χ1n) is 8.91. The number of anilines is 1. The number of ketones is 1. The second kappa shape index (κ2) is 8.41. The maximum absolute atomic E-state index is 12.4. The number of carbonyl (C=O) groups excluding carboxylic acids is 2. The Morgan fingerprint density at radius 1 is 1.23 bits per heavy atom. The molecule has 1 heterocycles. The lowest BCUT2D eigenvalue weighted by atomic mass is 10.1. The first-order valence-corrected chi connectivity index (χ1v) is 10.9. The number of rotatable bonds is 7. The maximum atomic E-state index is 12.4. The first kappa shape index (κ1) is 21.7. The molecule has 0 amide bonds. The van der Waals surface area contributed by atoms with Crippen molar-refractivity contribution in [3.63, 3.8) is 0 Å². The summed E-state index contributed by atoms with van der Waals surface area (Å²) in [5, 5.41) is 11.2. The van der Waals surface area contributed by atoms with Gasteiger partial charge >= 0.3 is 5.97 Å². The lowest BCUT2D eigenvalue weighted by Crippen LogP contribution is -2.30. The molecule has 0 saturated carbocycles. The fraction of sp³-hybridized carbons (Fsp3) is 0.263. The molecule has 0 aliphatic carbocycles. The average molecular weight is 453 g/mol. The molecular weight excluding hydrogens is 436 g/mol. The summed E-state index contributed by atoms with van der Waals surface area (Å²) in [7, 11) is -3.40. The minimum absolute atomic E-state index is 0.0291. The number of esters is 1. The highest BCUT2D eigenvalue weighted by atomic mass is 35.5. The Hall–Kier alpha value is -2.98. The SMILES string of the molecule is CCS(=O)(=O)N1CCc2cc(C(=O)COC(=O)c3cc(Cl)ccc3[N+](=O)[O-])ccc21. The second-order valence-electron chi connectivity index (χ2n) is 6.48. The summed E-state index contributed by atoms with van der Waals surface area (Å²) >= 11 is 5.79. The van der Waals surface area contributed by atoms with Gasteiger partial charge in [0.15, 0.2) is 12.4 Å². The van der Waals surface area contributed by atoms with E-state index in [1.165, 1.54) is 16.4 Å². The third kappa shape index (κ3) is 4.29. The van der Waals surface area contributed by atoms with E-state index in [2.05, 4.69) is 0 Å². The molecule has 0 N–H and O–H groups in total. The third-order valence-electron chi connectivity index (χ3n) is 4.66. The number of nitro benzene ring substituents is 1. The number of Topliss-reactive ketones (excluding diaryl/α,β-unsaturated/α-hetero) is 1. The highest BCUT2D eigenvalue weighted by Gasteiger charge is 2.29. The van der Waals surface area contributed by atoms with Crippen LogP contribution in [0.2, 0.25) is 5.02 Å². The lowest BCUT2D eigenvalue weighted by molar-refractivity contribution is -0.385. The van der Waals surface area contributed by atoms with E-state index >= 15 is 0 Å². The number of ether oxygens (including phenoxy) is 1. The van der Waals surface area contributed by atoms with Gasteiger partial charge in [-0.15, -0.1) is 0 Å². The van der Waals surface area contributed by atoms with Gasteiger partial charge in [0, 0.05) is 23.2 Å². The molecule has 0 saturated heterocycles. The van der Waals surface area contributed by atoms with Gasteiger partial charge < -0.3 is 4.74 Å². The van der Waals surface area contributed by atoms with Crippen LogP contribution in [-0.2, 0) is 21.2 Å². The number of sulfonamides is 1. The van der Waals surface area contributed by atoms with Crippen molar-refractivity contribution in [2.45, 2.75) is 13.3 Å². The van der Waals surface area contributed by atoms with Gasteiger partial charge in [-0.25, -0.2) is 13.2 Å². The number of nitro groups is 1. The van der Waals surface area contributed by atoms with Crippen LogP contribution in [0.15, 0.2) is 36.4 Å². The molecule has 0 radical (unpaired) electrons. The molecule has 11 heteroatoms. The molecule has 2 aromatic carbocycles. The van der Waals surface area contributed by atoms with Crippen molar-refractivity contribution in [2.24, 2.45) is 0 Å². The summed E-state index contributed by atoms with van der Waals surface area (Å²) < 4.78 is 30.5. The molecular formula is C19H17ClN2O7S. The summed E-state index contributed by atoms with van der Waals surface area (Å²) in [6.07, 6.45) is 0.462. The van der Waals surface area contributed by atoms with Crippen LogP contribution < -0.4 is 4.31 Å². The normalized spacial score (nSPS) is 13.1. The molecule has 2 aromatic rings. The van der Waals surface area contributed by atoms with Crippen molar-refractivity contribution < 1.29 is 27.7 Å². The number of nitrogens with zero attached hydrogens (tertiary/aromatic N) is 2. The Morgan fingerprint density at radius 3 is 2.63 bits per heavy atom. The van der Waals surface area contributed by atoms with Crippen molar-refractivity contribution in [2.75, 3.05) is 23.2 Å². The zero-order chi connectivity index (χ0) is 22.1. The average Bonchev–Trinajstić information content (AvgIpc) is 3.15. The van der Waals surface area contributed by atoms with Crippen LogP contribution in [0.1, 0.15) is 33.2 Å². The van der Waals surface area contributed by atoms with Crippen molar-refractivity contribution >= 4 is 44.8 Å². The van der Waals surface area contributed by atoms with Gasteiger partial charge in [0.05, 0.1) is 16.4 Å². The van der Waals surface area contributed by atoms with Crippen LogP contribution in [0.4, 0.5) is 11.4 Å². The summed E-state index contributed by atoms with van der Waals surface area (Å²) in [6, 6.07) is 8.03. The molecule has 3 rings (SSSR count). The second-order valence-corrected chi connectivity index (χ2v) is 9.10. The van der Waals surface area contributed by atoms with Gasteiger partial charge in [0.2, 0.25) is 10.0 Å². The molecule has 30 heavy (non-hydrogen) atoms. The Labute approximate surface area is 177 Å². The Bertz CT molecular complexity index is 1150. The van der Waals surface area contributed by atoms with Crippen LogP contribution >= 0.6 is 11.6 Å². The Morgan fingerprint density at radius 2 is 1.97 bits per heavy atom. The molecule has 1 aliphatic heterocycles. The molecule has 0 atom stereocenters. The van der Waals surface area contributed by atoms with Crippen molar-refractivity contribution in [3.8, 4) is 0 Å². The van der Waals surface area contributed by atoms with Gasteiger partial charge in [-0.2, -0.15) is 0 Å². The van der Waals surface area contributed by atoms with E-state index in [4.69, 9.17) is 16.3 Å². The van der Waals surface area contributed by atoms with E-state index in [9.17, 15) is 28.1 Å². The topological polar surface area (TPSA) is 124 Å². The monoisotopic (exact) mass is 452 g/mol. The Balaban J connectivity index is 1.73. The summed E-state index contributed by atoms with van der Waals surface area (Å²) in [5.41, 5.74) is 0.647. The minimum Gasteiger partial charge on any atom is -0.454 e. The van der Waals surface area contributed by atoms with E-state index in [0.717, 1.165) is 12.1 Å². The van der Waals surface area contributed by atoms with E-state index in [1.54, 1.807) is 19.1 Å². The molecule has 0 aromatic heterocycles. The Kier molecular flexibility index (Phi) is 6.09. The van der Waals surface area contributed by atoms with E-state index in [0.29, 0.717) is 24.2 Å². The summed E-state index contributed by atoms with van der Waals surface area (Å²) in [4.78, 5) is 35.0. The molecule has 0 unspecified atom stereocenters. The quantitative estimate of drug-likeness (QED) is 0.273. The molecule has 9 nitrogen and oxygen atoms in total. The van der Waals surface area contributed by atoms with Gasteiger partial charge in [0.25, 0.3) is 5.69 Å². The largest absolute Gasteiger partial charge is 0.454 e. The van der Waals surface area contributed by atoms with E-state index in [1.807, 2.05) is 0 Å². The summed E-state index contributed by atoms with van der Waals surface area (Å²) in [5.74, 6) is -1.59. The van der Waals surface area contributed by atoms with Crippen LogP contribution in [-0.4, -0.2) is 44.0 Å². The van der Waals surface area contributed by atoms with Crippen LogP contribution in [0.5, 0.6) is 0 Å². The predicted octanol–water partition coefficient (Wildman–Crippen LogP) is 3.00. The third-order valence-corrected chi connectivity index (χ3v) is 6.68. The van der Waals surface area contributed by atoms with Crippen molar-refractivity contribution in [1.29, 1.82) is 0 Å². The number of hydrogen-bond acceptors (Lipinski definition) is 7. The maximum Gasteiger partial charge on any atom is 0.345 e. The predicted molar refractivity (Wildman–Crippen MR) is 110 cm³/mol. The molecule has 0 fully saturated rings. The van der Waals surface area contributed by atoms with Gasteiger partial charge in [-0.05, 0) is 49.2 Å². The zero-order valence-electron chi connectivity index (χ0n) is 15.8. The molecule has 158 valence electrons. The fourth-order valence-corrected chi connectivity index (χ4v) is 4.44. The van der Waals surface area contributed by atoms with Gasteiger partial charge in [-0.3, -0.25) is 19.2 Å². The van der Waals surface area contributed by atoms with Crippen molar-refractivity contribution in [3.05, 3.63) is 68.2 Å². The van der Waals surface area contributed by atoms with Gasteiger partial charge in [0.1, 0.15) is 5.56 Å². The van der Waals surface area contributed by atoms with Gasteiger partial charge in [-0.1, -0.05) is 11.6 Å². The molecule has 1 aliphatic rings. The van der Waals surface area contributed by atoms with Crippen LogP contribution in [0.25, 0.3) is 0 Å². The summed E-state index contributed by atoms with van der Waals surface area (Å²) in [6.45, 7) is 1.23. The molecule has 0 spiro atoms. The zero-order valence-corrected chi connectivity index (χ0v) is 17.4. The molecule has 0 bridgehead atoms. The smallest absolute Gasteiger partial charge is 0.345 e. The number of carbonyl (C=O) groups is 2. The highest BCUT2D eigenvalue weighted by Crippen LogP contribution is 2.31. The standard InChI is InChI=1S/C19H17ClN2O7S/c1-2-30(27,28)21-8-7-12-9-13(3-5-16(12)21)18(23)11-29-19(24)15-10-14(20)4-6-17(15)22(25)26/h3-6,9-10H,2,7-8,11H2,1H3. The number of benzene rings is 2. The van der Waals surface area contributed by atoms with E-state index in [-0.39, 0.29) is 21.9 Å². The number of hydrogen-bond donors (Lipinski definition) is 0. The fourth-order valence-electron chi connectivity index (χ4n) is 3.11. The van der Waals surface area contributed by atoms with Crippen molar-refractivity contribution in [1.82, 2.24) is 0 Å². The lowest BCUT2D eigenvalue weighted by Gasteiger charge is -2.18. The van der Waals surface area contributed by atoms with Crippen LogP contribution in [0, 0.1) is 10.1 Å². The first-order chi connectivity index (χ1) is 14.1. The number of halogens is 1. The highest BCUT2D eigenvalue weighted by molar-refractivity contribution is 7.92. The minimum atomic E-state index is -3.40. The number of fused-ring (bicyclic) bond motifs is 1.